The van der Waals surface area contributed by atoms with Crippen LogP contribution in [0.15, 0.2) is 243 Å². The van der Waals surface area contributed by atoms with Gasteiger partial charge in [-0.25, -0.2) is 0 Å². The zero-order valence-electron chi connectivity index (χ0n) is 35.4. The molecule has 12 aromatic rings. The highest BCUT2D eigenvalue weighted by atomic mass is 15.2. The first kappa shape index (κ1) is 36.9. The number of aromatic nitrogens is 3. The summed E-state index contributed by atoms with van der Waals surface area (Å²) in [6.07, 6.45) is 3.96. The molecule has 13 rings (SSSR count). The average molecular weight is 829 g/mol. The molecular weight excluding hydrogens is 789 g/mol. The van der Waals surface area contributed by atoms with Crippen LogP contribution in [0.4, 0.5) is 17.1 Å². The molecule has 4 heterocycles. The molecular formula is C61H40N4. The van der Waals surface area contributed by atoms with E-state index in [-0.39, 0.29) is 0 Å². The maximum atomic E-state index is 4.81. The molecule has 0 amide bonds. The van der Waals surface area contributed by atoms with Crippen LogP contribution in [0.1, 0.15) is 0 Å². The van der Waals surface area contributed by atoms with Crippen molar-refractivity contribution < 1.29 is 0 Å². The Labute approximate surface area is 377 Å². The van der Waals surface area contributed by atoms with E-state index in [1.165, 1.54) is 49.6 Å². The van der Waals surface area contributed by atoms with Gasteiger partial charge in [0.25, 0.3) is 0 Å². The minimum absolute atomic E-state index is 1.07. The first-order chi connectivity index (χ1) is 32.3. The highest BCUT2D eigenvalue weighted by Gasteiger charge is 2.31. The molecule has 1 aliphatic heterocycles. The molecule has 0 fully saturated rings. The molecule has 0 N–H and O–H groups in total. The monoisotopic (exact) mass is 828 g/mol. The SMILES string of the molecule is c1ccc(N2c3ccccc3-c3c(n(-c4ccccc4)c4cc(-c5cccc(-c6cncc(-c7cccc(-n8c9ccccc9c9ccccc98)c7)c6)c5)ccc34)-c3ccccc32)cc1. The zero-order valence-corrected chi connectivity index (χ0v) is 35.4. The van der Waals surface area contributed by atoms with Gasteiger partial charge >= 0.3 is 0 Å². The quantitative estimate of drug-likeness (QED) is 0.167. The Morgan fingerprint density at radius 2 is 0.800 bits per heavy atom. The van der Waals surface area contributed by atoms with E-state index in [0.717, 1.165) is 67.3 Å². The summed E-state index contributed by atoms with van der Waals surface area (Å²) in [4.78, 5) is 7.23. The van der Waals surface area contributed by atoms with Crippen LogP contribution < -0.4 is 4.90 Å². The Morgan fingerprint density at radius 1 is 0.292 bits per heavy atom. The Hall–Kier alpha value is -8.73. The van der Waals surface area contributed by atoms with Gasteiger partial charge in [-0.15, -0.1) is 0 Å². The summed E-state index contributed by atoms with van der Waals surface area (Å²) >= 11 is 0. The summed E-state index contributed by atoms with van der Waals surface area (Å²) < 4.78 is 4.85. The van der Waals surface area contributed by atoms with E-state index < -0.39 is 0 Å². The third kappa shape index (κ3) is 5.96. The molecule has 0 radical (unpaired) electrons. The predicted octanol–water partition coefficient (Wildman–Crippen LogP) is 16.2. The minimum Gasteiger partial charge on any atom is -0.309 e. The van der Waals surface area contributed by atoms with Gasteiger partial charge in [-0.2, -0.15) is 0 Å². The second-order valence-corrected chi connectivity index (χ2v) is 16.8. The van der Waals surface area contributed by atoms with Gasteiger partial charge in [0, 0.05) is 73.4 Å². The van der Waals surface area contributed by atoms with Gasteiger partial charge in [0.2, 0.25) is 0 Å². The smallest absolute Gasteiger partial charge is 0.0641 e. The van der Waals surface area contributed by atoms with Crippen molar-refractivity contribution >= 4 is 49.8 Å². The van der Waals surface area contributed by atoms with Gasteiger partial charge in [0.15, 0.2) is 0 Å². The van der Waals surface area contributed by atoms with Crippen LogP contribution in [0.25, 0.3) is 99.8 Å². The lowest BCUT2D eigenvalue weighted by molar-refractivity contribution is 1.13. The second-order valence-electron chi connectivity index (χ2n) is 16.8. The highest BCUT2D eigenvalue weighted by molar-refractivity contribution is 6.14. The van der Waals surface area contributed by atoms with Crippen molar-refractivity contribution in [2.45, 2.75) is 0 Å². The summed E-state index contributed by atoms with van der Waals surface area (Å²) in [5, 5.41) is 3.72. The average Bonchev–Trinajstić information content (AvgIpc) is 3.86. The van der Waals surface area contributed by atoms with Crippen molar-refractivity contribution in [3.63, 3.8) is 0 Å². The normalized spacial score (nSPS) is 12.0. The molecule has 4 nitrogen and oxygen atoms in total. The largest absolute Gasteiger partial charge is 0.309 e. The molecule has 0 bridgehead atoms. The molecule has 3 aromatic heterocycles. The van der Waals surface area contributed by atoms with E-state index in [2.05, 4.69) is 245 Å². The van der Waals surface area contributed by atoms with Crippen LogP contribution in [0, 0.1) is 0 Å². The van der Waals surface area contributed by atoms with Crippen molar-refractivity contribution in [2.75, 3.05) is 4.90 Å². The van der Waals surface area contributed by atoms with Crippen LogP contribution in [-0.4, -0.2) is 14.1 Å². The van der Waals surface area contributed by atoms with Crippen LogP contribution in [0.3, 0.4) is 0 Å². The summed E-state index contributed by atoms with van der Waals surface area (Å²) in [7, 11) is 0. The van der Waals surface area contributed by atoms with Gasteiger partial charge in [0.1, 0.15) is 0 Å². The highest BCUT2D eigenvalue weighted by Crippen LogP contribution is 2.54. The third-order valence-electron chi connectivity index (χ3n) is 13.1. The fourth-order valence-corrected chi connectivity index (χ4v) is 10.2. The van der Waals surface area contributed by atoms with Crippen LogP contribution >= 0.6 is 0 Å². The van der Waals surface area contributed by atoms with Gasteiger partial charge in [-0.1, -0.05) is 152 Å². The van der Waals surface area contributed by atoms with Gasteiger partial charge in [0.05, 0.1) is 33.6 Å². The molecule has 1 aliphatic rings. The zero-order chi connectivity index (χ0) is 42.8. The first-order valence-corrected chi connectivity index (χ1v) is 22.2. The summed E-state index contributed by atoms with van der Waals surface area (Å²) in [6, 6.07) is 83.5. The standard InChI is InChI=1S/C61H40N4/c1-3-20-47(21-4-1)63-57-31-13-9-27-52(57)60-53-34-33-44(38-59(53)65(48-22-5-2-6-23-48)61(60)54-28-10-14-32-58(54)63)41-17-15-18-42(35-41)45-36-46(40-62-39-45)43-19-16-24-49(37-43)64-55-29-11-7-25-50(55)51-26-8-12-30-56(51)64/h1-40H. The lowest BCUT2D eigenvalue weighted by atomic mass is 9.95. The number of hydrogen-bond donors (Lipinski definition) is 0. The molecule has 65 heavy (non-hydrogen) atoms. The molecule has 0 aliphatic carbocycles. The van der Waals surface area contributed by atoms with E-state index in [4.69, 9.17) is 4.98 Å². The summed E-state index contributed by atoms with van der Waals surface area (Å²) in [6.45, 7) is 0. The van der Waals surface area contributed by atoms with Crippen molar-refractivity contribution in [2.24, 2.45) is 0 Å². The number of benzene rings is 9. The maximum absolute atomic E-state index is 4.81. The van der Waals surface area contributed by atoms with Gasteiger partial charge in [-0.05, 0) is 101 Å². The predicted molar refractivity (Wildman–Crippen MR) is 271 cm³/mol. The fourth-order valence-electron chi connectivity index (χ4n) is 10.2. The number of hydrogen-bond acceptors (Lipinski definition) is 2. The third-order valence-corrected chi connectivity index (χ3v) is 13.1. The van der Waals surface area contributed by atoms with Crippen LogP contribution in [0.5, 0.6) is 0 Å². The number of anilines is 3. The first-order valence-electron chi connectivity index (χ1n) is 22.2. The Kier molecular flexibility index (Phi) is 8.50. The molecule has 4 heteroatoms. The Bertz CT molecular complexity index is 3730. The lowest BCUT2D eigenvalue weighted by Gasteiger charge is -2.27. The molecule has 0 saturated heterocycles. The number of nitrogens with zero attached hydrogens (tertiary/aromatic N) is 4. The molecule has 0 spiro atoms. The van der Waals surface area contributed by atoms with Crippen molar-refractivity contribution in [3.8, 4) is 67.1 Å². The van der Waals surface area contributed by atoms with Crippen molar-refractivity contribution in [1.29, 1.82) is 0 Å². The van der Waals surface area contributed by atoms with Crippen LogP contribution in [0.2, 0.25) is 0 Å². The minimum atomic E-state index is 1.07. The van der Waals surface area contributed by atoms with E-state index in [1.807, 2.05) is 12.4 Å². The summed E-state index contributed by atoms with van der Waals surface area (Å²) in [5.41, 5.74) is 20.7. The lowest BCUT2D eigenvalue weighted by Crippen LogP contribution is -2.11. The summed E-state index contributed by atoms with van der Waals surface area (Å²) in [5.74, 6) is 0. The van der Waals surface area contributed by atoms with Crippen molar-refractivity contribution in [1.82, 2.24) is 14.1 Å². The topological polar surface area (TPSA) is 26.0 Å². The van der Waals surface area contributed by atoms with Crippen LogP contribution in [-0.2, 0) is 0 Å². The molecule has 0 saturated carbocycles. The Balaban J connectivity index is 0.937. The van der Waals surface area contributed by atoms with Crippen molar-refractivity contribution in [3.05, 3.63) is 243 Å². The second kappa shape index (κ2) is 15.0. The number of rotatable bonds is 6. The number of fused-ring (bicyclic) bond motifs is 10. The van der Waals surface area contributed by atoms with E-state index in [1.54, 1.807) is 0 Å². The maximum Gasteiger partial charge on any atom is 0.0641 e. The number of para-hydroxylation sites is 6. The Morgan fingerprint density at radius 3 is 1.51 bits per heavy atom. The molecule has 0 atom stereocenters. The van der Waals surface area contributed by atoms with Gasteiger partial charge in [-0.3, -0.25) is 4.98 Å². The van der Waals surface area contributed by atoms with E-state index in [0.29, 0.717) is 0 Å². The van der Waals surface area contributed by atoms with E-state index in [9.17, 15) is 0 Å². The van der Waals surface area contributed by atoms with E-state index >= 15 is 0 Å². The fraction of sp³-hybridized carbons (Fsp3) is 0. The van der Waals surface area contributed by atoms with Gasteiger partial charge < -0.3 is 14.0 Å². The molecule has 0 unspecified atom stereocenters. The number of pyridine rings is 1. The molecule has 9 aromatic carbocycles. The molecule has 304 valence electrons.